The molecule has 0 radical (unpaired) electrons. The fraction of sp³-hybridized carbons (Fsp3) is 0.150. The van der Waals surface area contributed by atoms with Gasteiger partial charge in [-0.15, -0.1) is 10.2 Å². The molecule has 0 spiro atoms. The van der Waals surface area contributed by atoms with Crippen LogP contribution in [0.2, 0.25) is 0 Å². The maximum Gasteiger partial charge on any atom is 0.342 e. The van der Waals surface area contributed by atoms with E-state index in [1.54, 1.807) is 19.1 Å². The molecule has 0 aliphatic rings. The Morgan fingerprint density at radius 2 is 2.03 bits per heavy atom. The van der Waals surface area contributed by atoms with Crippen LogP contribution in [0.4, 0.5) is 0 Å². The number of carboxylic acid groups (broad SMARTS) is 1. The smallest absolute Gasteiger partial charge is 0.342 e. The summed E-state index contributed by atoms with van der Waals surface area (Å²) in [6, 6.07) is 13.2. The summed E-state index contributed by atoms with van der Waals surface area (Å²) in [4.78, 5) is 11.7. The van der Waals surface area contributed by atoms with Crippen LogP contribution >= 0.6 is 27.7 Å². The number of methoxy groups -OCH3 is 1. The van der Waals surface area contributed by atoms with E-state index in [2.05, 4.69) is 26.1 Å². The number of benzene rings is 2. The Balaban J connectivity index is 1.86. The number of ether oxygens (including phenoxy) is 2. The lowest BCUT2D eigenvalue weighted by Crippen LogP contribution is -2.00. The summed E-state index contributed by atoms with van der Waals surface area (Å²) in [7, 11) is 1.53. The van der Waals surface area contributed by atoms with Crippen molar-refractivity contribution < 1.29 is 23.8 Å². The molecule has 0 unspecified atom stereocenters. The molecule has 0 fully saturated rings. The van der Waals surface area contributed by atoms with E-state index in [4.69, 9.17) is 13.9 Å². The minimum atomic E-state index is -1.11. The first-order valence-corrected chi connectivity index (χ1v) is 10.0. The summed E-state index contributed by atoms with van der Waals surface area (Å²) in [6.45, 7) is 2.01. The van der Waals surface area contributed by atoms with Gasteiger partial charge in [-0.1, -0.05) is 30.3 Å². The van der Waals surface area contributed by atoms with Gasteiger partial charge in [0.25, 0.3) is 5.22 Å². The van der Waals surface area contributed by atoms with Crippen LogP contribution in [-0.4, -0.2) is 28.4 Å². The van der Waals surface area contributed by atoms with E-state index in [-0.39, 0.29) is 10.1 Å². The van der Waals surface area contributed by atoms with Crippen molar-refractivity contribution in [1.82, 2.24) is 10.2 Å². The Morgan fingerprint density at radius 3 is 2.66 bits per heavy atom. The third-order valence-corrected chi connectivity index (χ3v) is 5.13. The summed E-state index contributed by atoms with van der Waals surface area (Å²) in [5.74, 6) is 0.266. The number of aromatic nitrogens is 2. The van der Waals surface area contributed by atoms with Gasteiger partial charge < -0.3 is 19.0 Å². The Labute approximate surface area is 179 Å². The van der Waals surface area contributed by atoms with E-state index in [0.717, 1.165) is 17.3 Å². The normalized spacial score (nSPS) is 11.3. The number of hydrogen-bond donors (Lipinski definition) is 1. The van der Waals surface area contributed by atoms with Gasteiger partial charge in [0.1, 0.15) is 11.5 Å². The minimum Gasteiger partial charge on any atom is -0.493 e. The number of thioether (sulfide) groups is 1. The highest BCUT2D eigenvalue weighted by atomic mass is 79.9. The molecule has 0 saturated heterocycles. The standard InChI is InChI=1S/C20H17BrN2O5S/c1-12-22-23-20(28-12)29-17(19(24)25)10-14-8-15(21)18(16(9-14)26-2)27-11-13-6-4-3-5-7-13/h3-10H,11H2,1-2H3,(H,24,25)/b17-10-. The quantitative estimate of drug-likeness (QED) is 0.360. The first-order valence-electron chi connectivity index (χ1n) is 8.43. The summed E-state index contributed by atoms with van der Waals surface area (Å²) < 4.78 is 17.2. The van der Waals surface area contributed by atoms with Crippen molar-refractivity contribution in [3.8, 4) is 11.5 Å². The van der Waals surface area contributed by atoms with Crippen molar-refractivity contribution in [3.63, 3.8) is 0 Å². The first kappa shape index (κ1) is 20.9. The molecule has 3 rings (SSSR count). The maximum atomic E-state index is 11.6. The molecule has 0 amide bonds. The molecule has 29 heavy (non-hydrogen) atoms. The van der Waals surface area contributed by atoms with E-state index in [1.165, 1.54) is 13.2 Å². The van der Waals surface area contributed by atoms with Crippen molar-refractivity contribution in [3.05, 3.63) is 68.9 Å². The molecular formula is C20H17BrN2O5S. The Kier molecular flexibility index (Phi) is 6.95. The molecule has 9 heteroatoms. The number of nitrogens with zero attached hydrogens (tertiary/aromatic N) is 2. The van der Waals surface area contributed by atoms with Gasteiger partial charge in [-0.25, -0.2) is 4.79 Å². The Hall–Kier alpha value is -2.78. The Bertz CT molecular complexity index is 1040. The van der Waals surface area contributed by atoms with Gasteiger partial charge >= 0.3 is 5.97 Å². The number of carboxylic acids is 1. The number of aliphatic carboxylic acids is 1. The fourth-order valence-corrected chi connectivity index (χ4v) is 3.68. The Morgan fingerprint density at radius 1 is 1.28 bits per heavy atom. The van der Waals surface area contributed by atoms with E-state index >= 15 is 0 Å². The van der Waals surface area contributed by atoms with Crippen LogP contribution in [0.5, 0.6) is 11.5 Å². The highest BCUT2D eigenvalue weighted by molar-refractivity contribution is 9.10. The van der Waals surface area contributed by atoms with Crippen LogP contribution in [-0.2, 0) is 11.4 Å². The second kappa shape index (κ2) is 9.62. The van der Waals surface area contributed by atoms with Crippen LogP contribution in [0.1, 0.15) is 17.0 Å². The summed E-state index contributed by atoms with van der Waals surface area (Å²) >= 11 is 4.36. The molecule has 7 nitrogen and oxygen atoms in total. The summed E-state index contributed by atoms with van der Waals surface area (Å²) in [6.07, 6.45) is 1.50. The second-order valence-corrected chi connectivity index (χ2v) is 7.66. The molecule has 1 aromatic heterocycles. The minimum absolute atomic E-state index is 0.0283. The van der Waals surface area contributed by atoms with E-state index in [0.29, 0.717) is 34.0 Å². The van der Waals surface area contributed by atoms with Gasteiger partial charge in [-0.05, 0) is 57.0 Å². The summed E-state index contributed by atoms with van der Waals surface area (Å²) in [5, 5.41) is 17.2. The lowest BCUT2D eigenvalue weighted by molar-refractivity contribution is -0.131. The zero-order valence-electron chi connectivity index (χ0n) is 15.6. The topological polar surface area (TPSA) is 94.7 Å². The lowest BCUT2D eigenvalue weighted by Gasteiger charge is -2.14. The average molecular weight is 477 g/mol. The van der Waals surface area contributed by atoms with Gasteiger partial charge in [0.05, 0.1) is 11.6 Å². The summed E-state index contributed by atoms with van der Waals surface area (Å²) in [5.41, 5.74) is 1.63. The van der Waals surface area contributed by atoms with Crippen molar-refractivity contribution in [2.75, 3.05) is 7.11 Å². The third kappa shape index (κ3) is 5.61. The van der Waals surface area contributed by atoms with Gasteiger partial charge in [0, 0.05) is 6.92 Å². The zero-order valence-corrected chi connectivity index (χ0v) is 18.0. The molecule has 1 N–H and O–H groups in total. The molecule has 0 saturated carbocycles. The predicted octanol–water partition coefficient (Wildman–Crippen LogP) is 4.95. The van der Waals surface area contributed by atoms with Gasteiger partial charge in [0.15, 0.2) is 11.5 Å². The van der Waals surface area contributed by atoms with Crippen LogP contribution in [0.25, 0.3) is 6.08 Å². The van der Waals surface area contributed by atoms with Gasteiger partial charge in [0.2, 0.25) is 5.89 Å². The number of aryl methyl sites for hydroxylation is 1. The van der Waals surface area contributed by atoms with Crippen molar-refractivity contribution in [1.29, 1.82) is 0 Å². The second-order valence-electron chi connectivity index (χ2n) is 5.81. The zero-order chi connectivity index (χ0) is 20.8. The SMILES string of the molecule is COc1cc(/C=C(\Sc2nnc(C)o2)C(=O)O)cc(Br)c1OCc1ccccc1. The number of hydrogen-bond acceptors (Lipinski definition) is 7. The van der Waals surface area contributed by atoms with Crippen LogP contribution in [0.15, 0.2) is 61.5 Å². The molecule has 0 aliphatic carbocycles. The molecule has 2 aromatic carbocycles. The molecule has 1 heterocycles. The van der Waals surface area contributed by atoms with Crippen LogP contribution in [0.3, 0.4) is 0 Å². The van der Waals surface area contributed by atoms with E-state index < -0.39 is 5.97 Å². The molecule has 3 aromatic rings. The van der Waals surface area contributed by atoms with E-state index in [1.807, 2.05) is 30.3 Å². The lowest BCUT2D eigenvalue weighted by atomic mass is 10.2. The van der Waals surface area contributed by atoms with E-state index in [9.17, 15) is 9.90 Å². The monoisotopic (exact) mass is 476 g/mol. The average Bonchev–Trinajstić information content (AvgIpc) is 3.11. The first-order chi connectivity index (χ1) is 14.0. The van der Waals surface area contributed by atoms with Crippen molar-refractivity contribution in [2.45, 2.75) is 18.8 Å². The largest absolute Gasteiger partial charge is 0.493 e. The molecule has 0 bridgehead atoms. The predicted molar refractivity (Wildman–Crippen MR) is 112 cm³/mol. The van der Waals surface area contributed by atoms with Crippen molar-refractivity contribution >= 4 is 39.7 Å². The molecule has 0 aliphatic heterocycles. The third-order valence-electron chi connectivity index (χ3n) is 3.69. The van der Waals surface area contributed by atoms with Gasteiger partial charge in [-0.2, -0.15) is 0 Å². The van der Waals surface area contributed by atoms with Crippen molar-refractivity contribution in [2.24, 2.45) is 0 Å². The fourth-order valence-electron chi connectivity index (χ4n) is 2.39. The van der Waals surface area contributed by atoms with Gasteiger partial charge in [-0.3, -0.25) is 0 Å². The number of carbonyl (C=O) groups is 1. The molecule has 150 valence electrons. The maximum absolute atomic E-state index is 11.6. The highest BCUT2D eigenvalue weighted by Crippen LogP contribution is 2.38. The highest BCUT2D eigenvalue weighted by Gasteiger charge is 2.16. The number of halogens is 1. The molecule has 0 atom stereocenters. The number of rotatable bonds is 8. The van der Waals surface area contributed by atoms with Crippen LogP contribution in [0, 0.1) is 6.92 Å². The van der Waals surface area contributed by atoms with Crippen LogP contribution < -0.4 is 9.47 Å². The molecular weight excluding hydrogens is 460 g/mol.